The van der Waals surface area contributed by atoms with Crippen LogP contribution in [0.5, 0.6) is 0 Å². The Morgan fingerprint density at radius 2 is 2.00 bits per heavy atom. The second-order valence-electron chi connectivity index (χ2n) is 5.01. The van der Waals surface area contributed by atoms with Gasteiger partial charge in [0.1, 0.15) is 5.01 Å². The van der Waals surface area contributed by atoms with Crippen LogP contribution in [0.1, 0.15) is 17.5 Å². The molecule has 0 bridgehead atoms. The van der Waals surface area contributed by atoms with Crippen molar-refractivity contribution in [2.24, 2.45) is 4.99 Å². The number of nitrogens with zero attached hydrogens (tertiary/aromatic N) is 2. The van der Waals surface area contributed by atoms with E-state index in [-0.39, 0.29) is 24.0 Å². The molecule has 132 valence electrons. The summed E-state index contributed by atoms with van der Waals surface area (Å²) >= 11 is 1.70. The Morgan fingerprint density at radius 1 is 1.25 bits per heavy atom. The van der Waals surface area contributed by atoms with E-state index in [2.05, 4.69) is 39.7 Å². The van der Waals surface area contributed by atoms with Gasteiger partial charge < -0.3 is 15.4 Å². The second kappa shape index (κ2) is 11.4. The van der Waals surface area contributed by atoms with Crippen LogP contribution in [0.15, 0.2) is 35.3 Å². The lowest BCUT2D eigenvalue weighted by Crippen LogP contribution is -2.38. The van der Waals surface area contributed by atoms with Crippen molar-refractivity contribution in [2.45, 2.75) is 20.4 Å². The summed E-state index contributed by atoms with van der Waals surface area (Å²) in [5.41, 5.74) is 2.20. The number of ether oxygens (including phenoxy) is 1. The predicted octanol–water partition coefficient (Wildman–Crippen LogP) is 3.44. The molecule has 2 N–H and O–H groups in total. The zero-order valence-electron chi connectivity index (χ0n) is 14.3. The van der Waals surface area contributed by atoms with Gasteiger partial charge in [0, 0.05) is 30.6 Å². The number of aromatic nitrogens is 1. The molecule has 0 saturated carbocycles. The highest BCUT2D eigenvalue weighted by Gasteiger charge is 2.09. The lowest BCUT2D eigenvalue weighted by atomic mass is 10.2. The molecule has 2 aromatic rings. The molecular weight excluding hydrogens is 435 g/mol. The highest BCUT2D eigenvalue weighted by Crippen LogP contribution is 2.28. The average molecular weight is 460 g/mol. The van der Waals surface area contributed by atoms with Crippen LogP contribution in [-0.2, 0) is 11.3 Å². The van der Waals surface area contributed by atoms with Gasteiger partial charge in [0.25, 0.3) is 0 Å². The summed E-state index contributed by atoms with van der Waals surface area (Å²) in [6.45, 7) is 6.94. The highest BCUT2D eigenvalue weighted by atomic mass is 127. The van der Waals surface area contributed by atoms with E-state index in [1.54, 1.807) is 18.4 Å². The third kappa shape index (κ3) is 6.37. The summed E-state index contributed by atoms with van der Waals surface area (Å²) in [5.74, 6) is 0.804. The van der Waals surface area contributed by atoms with Crippen LogP contribution in [0.4, 0.5) is 0 Å². The first-order chi connectivity index (χ1) is 11.2. The van der Waals surface area contributed by atoms with Gasteiger partial charge in [-0.2, -0.15) is 0 Å². The van der Waals surface area contributed by atoms with E-state index in [1.165, 1.54) is 4.88 Å². The molecular formula is C17H25IN4OS. The molecule has 0 saturated heterocycles. The van der Waals surface area contributed by atoms with Gasteiger partial charge in [-0.15, -0.1) is 35.3 Å². The van der Waals surface area contributed by atoms with Crippen molar-refractivity contribution in [3.8, 4) is 10.6 Å². The third-order valence-corrected chi connectivity index (χ3v) is 4.43. The zero-order chi connectivity index (χ0) is 16.5. The Morgan fingerprint density at radius 3 is 2.67 bits per heavy atom. The van der Waals surface area contributed by atoms with Crippen molar-refractivity contribution in [1.29, 1.82) is 0 Å². The number of hydrogen-bond donors (Lipinski definition) is 2. The topological polar surface area (TPSA) is 58.5 Å². The van der Waals surface area contributed by atoms with Gasteiger partial charge in [0.2, 0.25) is 0 Å². The Kier molecular flexibility index (Phi) is 9.89. The number of methoxy groups -OCH3 is 1. The Labute approximate surface area is 165 Å². The van der Waals surface area contributed by atoms with Gasteiger partial charge in [0.05, 0.1) is 18.8 Å². The molecule has 7 heteroatoms. The fraction of sp³-hybridized carbons (Fsp3) is 0.412. The van der Waals surface area contributed by atoms with Crippen molar-refractivity contribution >= 4 is 41.3 Å². The molecule has 1 heterocycles. The largest absolute Gasteiger partial charge is 0.383 e. The average Bonchev–Trinajstić information content (AvgIpc) is 2.95. The van der Waals surface area contributed by atoms with Gasteiger partial charge in [-0.05, 0) is 13.8 Å². The minimum absolute atomic E-state index is 0. The number of aryl methyl sites for hydroxylation is 1. The van der Waals surface area contributed by atoms with Crippen LogP contribution in [0.25, 0.3) is 10.6 Å². The standard InChI is InChI=1S/C17H24N4OS.HI/c1-4-18-17(19-10-11-22-3)20-12-15-13(2)21-16(23-15)14-8-6-5-7-9-14;/h5-9H,4,10-12H2,1-3H3,(H2,18,19,20);1H. The van der Waals surface area contributed by atoms with Crippen molar-refractivity contribution in [1.82, 2.24) is 15.6 Å². The minimum Gasteiger partial charge on any atom is -0.383 e. The molecule has 0 aliphatic heterocycles. The van der Waals surface area contributed by atoms with Gasteiger partial charge in [-0.3, -0.25) is 0 Å². The van der Waals surface area contributed by atoms with E-state index in [0.717, 1.165) is 35.3 Å². The fourth-order valence-corrected chi connectivity index (χ4v) is 3.04. The molecule has 0 atom stereocenters. The molecule has 0 spiro atoms. The molecule has 0 fully saturated rings. The SMILES string of the molecule is CCNC(=NCc1sc(-c2ccccc2)nc1C)NCCOC.I. The number of aliphatic imine (C=N–C) groups is 1. The quantitative estimate of drug-likeness (QED) is 0.288. The van der Waals surface area contributed by atoms with Gasteiger partial charge >= 0.3 is 0 Å². The summed E-state index contributed by atoms with van der Waals surface area (Å²) < 4.78 is 5.05. The molecule has 2 rings (SSSR count). The molecule has 0 aliphatic carbocycles. The number of thiazole rings is 1. The number of guanidine groups is 1. The van der Waals surface area contributed by atoms with Crippen LogP contribution < -0.4 is 10.6 Å². The third-order valence-electron chi connectivity index (χ3n) is 3.24. The molecule has 24 heavy (non-hydrogen) atoms. The molecule has 0 amide bonds. The summed E-state index contributed by atoms with van der Waals surface area (Å²) in [6.07, 6.45) is 0. The number of halogens is 1. The van der Waals surface area contributed by atoms with E-state index in [4.69, 9.17) is 4.74 Å². The maximum atomic E-state index is 5.05. The first-order valence-corrected chi connectivity index (χ1v) is 8.59. The number of nitrogens with one attached hydrogen (secondary N) is 2. The lowest BCUT2D eigenvalue weighted by Gasteiger charge is -2.10. The Balaban J connectivity index is 0.00000288. The maximum Gasteiger partial charge on any atom is 0.191 e. The highest BCUT2D eigenvalue weighted by molar-refractivity contribution is 14.0. The molecule has 0 radical (unpaired) electrons. The van der Waals surface area contributed by atoms with Gasteiger partial charge in [-0.1, -0.05) is 30.3 Å². The Hall–Kier alpha value is -1.19. The first kappa shape index (κ1) is 20.9. The summed E-state index contributed by atoms with van der Waals surface area (Å²) in [5, 5.41) is 7.53. The van der Waals surface area contributed by atoms with Crippen LogP contribution in [0, 0.1) is 6.92 Å². The van der Waals surface area contributed by atoms with E-state index in [0.29, 0.717) is 13.2 Å². The monoisotopic (exact) mass is 460 g/mol. The zero-order valence-corrected chi connectivity index (χ0v) is 17.5. The molecule has 0 unspecified atom stereocenters. The first-order valence-electron chi connectivity index (χ1n) is 7.77. The molecule has 1 aromatic carbocycles. The molecule has 5 nitrogen and oxygen atoms in total. The van der Waals surface area contributed by atoms with Crippen molar-refractivity contribution in [3.63, 3.8) is 0 Å². The smallest absolute Gasteiger partial charge is 0.191 e. The number of rotatable bonds is 7. The molecule has 0 aliphatic rings. The van der Waals surface area contributed by atoms with Crippen molar-refractivity contribution in [2.75, 3.05) is 26.8 Å². The van der Waals surface area contributed by atoms with E-state index in [1.807, 2.05) is 25.1 Å². The fourth-order valence-electron chi connectivity index (χ4n) is 2.04. The number of benzene rings is 1. The van der Waals surface area contributed by atoms with E-state index < -0.39 is 0 Å². The normalized spacial score (nSPS) is 11.0. The maximum absolute atomic E-state index is 5.05. The second-order valence-corrected chi connectivity index (χ2v) is 6.09. The van der Waals surface area contributed by atoms with Crippen LogP contribution in [0.3, 0.4) is 0 Å². The van der Waals surface area contributed by atoms with Crippen LogP contribution in [-0.4, -0.2) is 37.7 Å². The number of hydrogen-bond acceptors (Lipinski definition) is 4. The summed E-state index contributed by atoms with van der Waals surface area (Å²) in [4.78, 5) is 10.5. The van der Waals surface area contributed by atoms with Crippen molar-refractivity contribution < 1.29 is 4.74 Å². The molecule has 1 aromatic heterocycles. The summed E-state index contributed by atoms with van der Waals surface area (Å²) in [6, 6.07) is 10.3. The van der Waals surface area contributed by atoms with Gasteiger partial charge in [0.15, 0.2) is 5.96 Å². The lowest BCUT2D eigenvalue weighted by molar-refractivity contribution is 0.203. The van der Waals surface area contributed by atoms with E-state index >= 15 is 0 Å². The van der Waals surface area contributed by atoms with Crippen LogP contribution >= 0.6 is 35.3 Å². The minimum atomic E-state index is 0. The van der Waals surface area contributed by atoms with Crippen LogP contribution in [0.2, 0.25) is 0 Å². The van der Waals surface area contributed by atoms with Crippen molar-refractivity contribution in [3.05, 3.63) is 40.9 Å². The Bertz CT molecular complexity index is 631. The predicted molar refractivity (Wildman–Crippen MR) is 112 cm³/mol. The summed E-state index contributed by atoms with van der Waals surface area (Å²) in [7, 11) is 1.69. The van der Waals surface area contributed by atoms with Gasteiger partial charge in [-0.25, -0.2) is 9.98 Å². The van der Waals surface area contributed by atoms with E-state index in [9.17, 15) is 0 Å².